The minimum atomic E-state index is -0.482. The zero-order valence-electron chi connectivity index (χ0n) is 12.2. The zero-order chi connectivity index (χ0) is 14.0. The van der Waals surface area contributed by atoms with Crippen molar-refractivity contribution in [1.82, 2.24) is 10.2 Å². The SMILES string of the molecule is Cc1cc(O)c([C@@H](CF)N2CCNCC2)c(C)c1Br.Cl.Cl. The van der Waals surface area contributed by atoms with Gasteiger partial charge < -0.3 is 10.4 Å². The van der Waals surface area contributed by atoms with Crippen LogP contribution in [0.1, 0.15) is 22.7 Å². The van der Waals surface area contributed by atoms with Crippen LogP contribution in [0.25, 0.3) is 0 Å². The molecule has 1 fully saturated rings. The number of piperazine rings is 1. The highest BCUT2D eigenvalue weighted by Gasteiger charge is 2.27. The highest BCUT2D eigenvalue weighted by atomic mass is 79.9. The van der Waals surface area contributed by atoms with Gasteiger partial charge in [0.05, 0.1) is 6.04 Å². The maximum atomic E-state index is 13.5. The van der Waals surface area contributed by atoms with Crippen molar-refractivity contribution < 1.29 is 9.50 Å². The smallest absolute Gasteiger partial charge is 0.121 e. The summed E-state index contributed by atoms with van der Waals surface area (Å²) in [6.07, 6.45) is 0. The Hall–Kier alpha value is -0.0700. The van der Waals surface area contributed by atoms with Crippen LogP contribution >= 0.6 is 40.7 Å². The van der Waals surface area contributed by atoms with Crippen LogP contribution in [0.4, 0.5) is 4.39 Å². The number of benzene rings is 1. The number of aromatic hydroxyl groups is 1. The number of nitrogens with zero attached hydrogens (tertiary/aromatic N) is 1. The van der Waals surface area contributed by atoms with Crippen molar-refractivity contribution in [1.29, 1.82) is 0 Å². The average molecular weight is 404 g/mol. The van der Waals surface area contributed by atoms with Gasteiger partial charge in [0.2, 0.25) is 0 Å². The third-order valence-electron chi connectivity index (χ3n) is 3.78. The minimum absolute atomic E-state index is 0. The molecule has 122 valence electrons. The molecule has 21 heavy (non-hydrogen) atoms. The van der Waals surface area contributed by atoms with Crippen molar-refractivity contribution in [3.8, 4) is 5.75 Å². The number of halogens is 4. The predicted octanol–water partition coefficient (Wildman–Crippen LogP) is 3.53. The summed E-state index contributed by atoms with van der Waals surface area (Å²) in [6, 6.07) is 1.34. The molecular weight excluding hydrogens is 382 g/mol. The zero-order valence-corrected chi connectivity index (χ0v) is 15.4. The summed E-state index contributed by atoms with van der Waals surface area (Å²) in [5, 5.41) is 13.5. The third-order valence-corrected chi connectivity index (χ3v) is 5.00. The summed E-state index contributed by atoms with van der Waals surface area (Å²) in [6.45, 7) is 6.71. The predicted molar refractivity (Wildman–Crippen MR) is 92.9 cm³/mol. The number of rotatable bonds is 3. The van der Waals surface area contributed by atoms with Gasteiger partial charge in [0.25, 0.3) is 0 Å². The Balaban J connectivity index is 0.00000200. The third kappa shape index (κ3) is 4.45. The van der Waals surface area contributed by atoms with E-state index < -0.39 is 6.67 Å². The number of phenolic OH excluding ortho intramolecular Hbond substituents is 1. The summed E-state index contributed by atoms with van der Waals surface area (Å²) in [4.78, 5) is 2.10. The van der Waals surface area contributed by atoms with E-state index >= 15 is 0 Å². The maximum absolute atomic E-state index is 13.5. The van der Waals surface area contributed by atoms with Crippen LogP contribution in [0.3, 0.4) is 0 Å². The van der Waals surface area contributed by atoms with Gasteiger partial charge in [-0.25, -0.2) is 4.39 Å². The molecule has 0 spiro atoms. The van der Waals surface area contributed by atoms with Crippen molar-refractivity contribution >= 4 is 40.7 Å². The van der Waals surface area contributed by atoms with E-state index in [4.69, 9.17) is 0 Å². The molecule has 0 saturated carbocycles. The highest BCUT2D eigenvalue weighted by Crippen LogP contribution is 2.37. The van der Waals surface area contributed by atoms with Crippen molar-refractivity contribution in [3.63, 3.8) is 0 Å². The lowest BCUT2D eigenvalue weighted by Crippen LogP contribution is -2.45. The Bertz CT molecular complexity index is 471. The van der Waals surface area contributed by atoms with E-state index in [-0.39, 0.29) is 36.6 Å². The van der Waals surface area contributed by atoms with Gasteiger partial charge in [-0.2, -0.15) is 0 Å². The average Bonchev–Trinajstić information content (AvgIpc) is 2.42. The number of phenols is 1. The maximum Gasteiger partial charge on any atom is 0.121 e. The van der Waals surface area contributed by atoms with Crippen molar-refractivity contribution in [3.05, 3.63) is 27.2 Å². The van der Waals surface area contributed by atoms with Crippen LogP contribution in [0.2, 0.25) is 0 Å². The molecule has 1 aliphatic rings. The standard InChI is InChI=1S/C14H20BrFN2O.2ClH/c1-9-7-12(19)13(10(2)14(9)15)11(8-16)18-5-3-17-4-6-18;;/h7,11,17,19H,3-6,8H2,1-2H3;2*1H/t11-;;/m1../s1. The minimum Gasteiger partial charge on any atom is -0.508 e. The summed E-state index contributed by atoms with van der Waals surface area (Å²) in [5.41, 5.74) is 2.61. The first-order valence-corrected chi connectivity index (χ1v) is 7.34. The fraction of sp³-hybridized carbons (Fsp3) is 0.571. The van der Waals surface area contributed by atoms with Crippen LogP contribution in [0.5, 0.6) is 5.75 Å². The van der Waals surface area contributed by atoms with Crippen LogP contribution in [0, 0.1) is 13.8 Å². The number of hydrogen-bond donors (Lipinski definition) is 2. The van der Waals surface area contributed by atoms with Crippen LogP contribution in [-0.2, 0) is 0 Å². The molecule has 7 heteroatoms. The van der Waals surface area contributed by atoms with Gasteiger partial charge in [-0.3, -0.25) is 4.90 Å². The second-order valence-corrected chi connectivity index (χ2v) is 5.81. The summed E-state index contributed by atoms with van der Waals surface area (Å²) < 4.78 is 14.5. The molecule has 1 aromatic carbocycles. The molecule has 0 aromatic heterocycles. The van der Waals surface area contributed by atoms with Gasteiger partial charge in [0, 0.05) is 36.2 Å². The van der Waals surface area contributed by atoms with E-state index in [2.05, 4.69) is 26.1 Å². The fourth-order valence-electron chi connectivity index (χ4n) is 2.72. The first-order valence-electron chi connectivity index (χ1n) is 6.55. The van der Waals surface area contributed by atoms with E-state index in [9.17, 15) is 9.50 Å². The lowest BCUT2D eigenvalue weighted by molar-refractivity contribution is 0.144. The molecule has 1 aromatic rings. The second-order valence-electron chi connectivity index (χ2n) is 5.02. The Labute approximate surface area is 146 Å². The van der Waals surface area contributed by atoms with Crippen LogP contribution < -0.4 is 5.32 Å². The molecule has 1 atom stereocenters. The normalized spacial score (nSPS) is 16.8. The first-order chi connectivity index (χ1) is 9.06. The number of aryl methyl sites for hydroxylation is 1. The summed E-state index contributed by atoms with van der Waals surface area (Å²) >= 11 is 3.52. The molecule has 0 aliphatic carbocycles. The van der Waals surface area contributed by atoms with Crippen molar-refractivity contribution in [2.24, 2.45) is 0 Å². The van der Waals surface area contributed by atoms with Crippen LogP contribution in [0.15, 0.2) is 10.5 Å². The van der Waals surface area contributed by atoms with E-state index in [1.54, 1.807) is 6.07 Å². The van der Waals surface area contributed by atoms with E-state index in [0.717, 1.165) is 41.8 Å². The van der Waals surface area contributed by atoms with Gasteiger partial charge in [-0.05, 0) is 31.0 Å². The second kappa shape index (κ2) is 9.16. The molecule has 1 saturated heterocycles. The van der Waals surface area contributed by atoms with Crippen molar-refractivity contribution in [2.75, 3.05) is 32.9 Å². The fourth-order valence-corrected chi connectivity index (χ4v) is 3.05. The van der Waals surface area contributed by atoms with Crippen LogP contribution in [-0.4, -0.2) is 42.9 Å². The van der Waals surface area contributed by atoms with E-state index in [0.29, 0.717) is 5.56 Å². The quantitative estimate of drug-likeness (QED) is 0.810. The number of nitrogens with one attached hydrogen (secondary N) is 1. The van der Waals surface area contributed by atoms with Gasteiger partial charge in [-0.1, -0.05) is 15.9 Å². The lowest BCUT2D eigenvalue weighted by Gasteiger charge is -2.35. The molecule has 0 unspecified atom stereocenters. The molecule has 0 bridgehead atoms. The number of hydrogen-bond acceptors (Lipinski definition) is 3. The molecule has 3 nitrogen and oxygen atoms in total. The number of alkyl halides is 1. The Morgan fingerprint density at radius 2 is 1.90 bits per heavy atom. The summed E-state index contributed by atoms with van der Waals surface area (Å²) in [7, 11) is 0. The molecule has 1 heterocycles. The molecule has 0 amide bonds. The van der Waals surface area contributed by atoms with Gasteiger partial charge in [0.15, 0.2) is 0 Å². The first kappa shape index (κ1) is 20.9. The van der Waals surface area contributed by atoms with Gasteiger partial charge >= 0.3 is 0 Å². The Morgan fingerprint density at radius 3 is 2.43 bits per heavy atom. The molecule has 1 aliphatic heterocycles. The Kier molecular flexibility index (Phi) is 9.12. The summed E-state index contributed by atoms with van der Waals surface area (Å²) in [5.74, 6) is 0.194. The Morgan fingerprint density at radius 1 is 1.33 bits per heavy atom. The van der Waals surface area contributed by atoms with Gasteiger partial charge in [-0.15, -0.1) is 24.8 Å². The topological polar surface area (TPSA) is 35.5 Å². The largest absolute Gasteiger partial charge is 0.508 e. The molecule has 2 rings (SSSR count). The molecule has 0 radical (unpaired) electrons. The monoisotopic (exact) mass is 402 g/mol. The lowest BCUT2D eigenvalue weighted by atomic mass is 9.97. The molecular formula is C14H22BrCl2FN2O. The van der Waals surface area contributed by atoms with Gasteiger partial charge in [0.1, 0.15) is 12.4 Å². The van der Waals surface area contributed by atoms with E-state index in [1.165, 1.54) is 0 Å². The highest BCUT2D eigenvalue weighted by molar-refractivity contribution is 9.10. The molecule has 2 N–H and O–H groups in total. The van der Waals surface area contributed by atoms with E-state index in [1.807, 2.05) is 13.8 Å². The van der Waals surface area contributed by atoms with Crippen molar-refractivity contribution in [2.45, 2.75) is 19.9 Å².